The lowest BCUT2D eigenvalue weighted by molar-refractivity contribution is -0.385. The van der Waals surface area contributed by atoms with Crippen molar-refractivity contribution >= 4 is 5.69 Å². The molecule has 0 amide bonds. The molecule has 0 radical (unpaired) electrons. The Morgan fingerprint density at radius 1 is 1.38 bits per heavy atom. The van der Waals surface area contributed by atoms with Gasteiger partial charge >= 0.3 is 0 Å². The fourth-order valence-electron chi connectivity index (χ4n) is 3.96. The van der Waals surface area contributed by atoms with Gasteiger partial charge in [-0.25, -0.2) is 0 Å². The summed E-state index contributed by atoms with van der Waals surface area (Å²) in [6.45, 7) is 7.48. The van der Waals surface area contributed by atoms with E-state index in [2.05, 4.69) is 17.1 Å². The van der Waals surface area contributed by atoms with Crippen molar-refractivity contribution in [1.29, 1.82) is 0 Å². The molecule has 0 aliphatic carbocycles. The number of nitro groups is 1. The Morgan fingerprint density at radius 3 is 2.81 bits per heavy atom. The van der Waals surface area contributed by atoms with E-state index in [1.54, 1.807) is 6.07 Å². The van der Waals surface area contributed by atoms with Crippen LogP contribution in [-0.2, 0) is 0 Å². The van der Waals surface area contributed by atoms with Crippen LogP contribution in [0.5, 0.6) is 0 Å². The first kappa shape index (κ1) is 14.5. The monoisotopic (exact) mass is 289 g/mol. The second-order valence-corrected chi connectivity index (χ2v) is 6.32. The maximum absolute atomic E-state index is 10.9. The SMILES string of the molecule is Cc1cc([C@H]2CCN([C@@H]3CCNC3)[C@@H]2C)ccc1[N+](=O)[O-]. The van der Waals surface area contributed by atoms with Gasteiger partial charge in [0.15, 0.2) is 0 Å². The summed E-state index contributed by atoms with van der Waals surface area (Å²) >= 11 is 0. The molecule has 2 heterocycles. The topological polar surface area (TPSA) is 58.4 Å². The van der Waals surface area contributed by atoms with Crippen LogP contribution in [0, 0.1) is 17.0 Å². The zero-order valence-electron chi connectivity index (χ0n) is 12.7. The molecule has 2 aliphatic rings. The Labute approximate surface area is 125 Å². The van der Waals surface area contributed by atoms with E-state index in [4.69, 9.17) is 0 Å². The highest BCUT2D eigenvalue weighted by atomic mass is 16.6. The third kappa shape index (κ3) is 2.68. The van der Waals surface area contributed by atoms with Crippen LogP contribution in [0.2, 0.25) is 0 Å². The molecule has 3 rings (SSSR count). The largest absolute Gasteiger partial charge is 0.315 e. The van der Waals surface area contributed by atoms with Crippen LogP contribution in [0.3, 0.4) is 0 Å². The van der Waals surface area contributed by atoms with Gasteiger partial charge in [-0.05, 0) is 51.4 Å². The van der Waals surface area contributed by atoms with E-state index in [9.17, 15) is 10.1 Å². The van der Waals surface area contributed by atoms with Gasteiger partial charge in [-0.15, -0.1) is 0 Å². The third-order valence-corrected chi connectivity index (χ3v) is 5.15. The number of hydrogen-bond donors (Lipinski definition) is 1. The second kappa shape index (κ2) is 5.73. The Kier molecular flexibility index (Phi) is 3.95. The normalized spacial score (nSPS) is 29.9. The van der Waals surface area contributed by atoms with Crippen molar-refractivity contribution in [2.24, 2.45) is 0 Å². The van der Waals surface area contributed by atoms with Gasteiger partial charge in [0, 0.05) is 36.2 Å². The molecule has 2 aliphatic heterocycles. The van der Waals surface area contributed by atoms with E-state index in [0.717, 1.165) is 31.6 Å². The van der Waals surface area contributed by atoms with Crippen LogP contribution in [0.25, 0.3) is 0 Å². The van der Waals surface area contributed by atoms with Crippen LogP contribution in [0.1, 0.15) is 36.8 Å². The van der Waals surface area contributed by atoms with Crippen LogP contribution in [0.4, 0.5) is 5.69 Å². The third-order valence-electron chi connectivity index (χ3n) is 5.15. The number of likely N-dealkylation sites (tertiary alicyclic amines) is 1. The average Bonchev–Trinajstić information content (AvgIpc) is 3.07. The second-order valence-electron chi connectivity index (χ2n) is 6.32. The predicted molar refractivity (Wildman–Crippen MR) is 82.6 cm³/mol. The molecule has 1 aromatic rings. The van der Waals surface area contributed by atoms with E-state index in [1.165, 1.54) is 12.0 Å². The van der Waals surface area contributed by atoms with E-state index in [0.29, 0.717) is 18.0 Å². The zero-order valence-corrected chi connectivity index (χ0v) is 12.7. The average molecular weight is 289 g/mol. The zero-order chi connectivity index (χ0) is 15.0. The fourth-order valence-corrected chi connectivity index (χ4v) is 3.96. The molecule has 5 nitrogen and oxygen atoms in total. The predicted octanol–water partition coefficient (Wildman–Crippen LogP) is 2.44. The number of nitrogens with zero attached hydrogens (tertiary/aromatic N) is 2. The highest BCUT2D eigenvalue weighted by molar-refractivity contribution is 5.43. The Morgan fingerprint density at radius 2 is 2.19 bits per heavy atom. The number of hydrogen-bond acceptors (Lipinski definition) is 4. The van der Waals surface area contributed by atoms with Gasteiger partial charge in [0.2, 0.25) is 0 Å². The first-order valence-corrected chi connectivity index (χ1v) is 7.79. The summed E-state index contributed by atoms with van der Waals surface area (Å²) < 4.78 is 0. The number of rotatable bonds is 3. The number of aryl methyl sites for hydroxylation is 1. The first-order valence-electron chi connectivity index (χ1n) is 7.79. The van der Waals surface area contributed by atoms with Gasteiger partial charge in [0.1, 0.15) is 0 Å². The summed E-state index contributed by atoms with van der Waals surface area (Å²) in [4.78, 5) is 13.2. The molecule has 0 bridgehead atoms. The number of nitro benzene ring substituents is 1. The molecule has 3 atom stereocenters. The van der Waals surface area contributed by atoms with Crippen LogP contribution in [0.15, 0.2) is 18.2 Å². The molecule has 114 valence electrons. The summed E-state index contributed by atoms with van der Waals surface area (Å²) in [7, 11) is 0. The molecule has 1 N–H and O–H groups in total. The molecule has 0 unspecified atom stereocenters. The van der Waals surface area contributed by atoms with Crippen molar-refractivity contribution in [3.05, 3.63) is 39.4 Å². The van der Waals surface area contributed by atoms with Gasteiger partial charge in [-0.3, -0.25) is 15.0 Å². The van der Waals surface area contributed by atoms with Gasteiger partial charge in [0.05, 0.1) is 4.92 Å². The first-order chi connectivity index (χ1) is 10.1. The van der Waals surface area contributed by atoms with Crippen LogP contribution in [-0.4, -0.2) is 41.5 Å². The Balaban J connectivity index is 1.78. The molecule has 0 spiro atoms. The van der Waals surface area contributed by atoms with Crippen molar-refractivity contribution < 1.29 is 4.92 Å². The summed E-state index contributed by atoms with van der Waals surface area (Å²) in [5.41, 5.74) is 2.24. The minimum Gasteiger partial charge on any atom is -0.315 e. The van der Waals surface area contributed by atoms with E-state index in [1.807, 2.05) is 19.1 Å². The highest BCUT2D eigenvalue weighted by Crippen LogP contribution is 2.36. The molecule has 2 saturated heterocycles. The lowest BCUT2D eigenvalue weighted by Crippen LogP contribution is -2.40. The summed E-state index contributed by atoms with van der Waals surface area (Å²) in [5.74, 6) is 0.491. The van der Waals surface area contributed by atoms with Crippen molar-refractivity contribution in [2.45, 2.75) is 44.7 Å². The molecule has 2 fully saturated rings. The lowest BCUT2D eigenvalue weighted by atomic mass is 9.91. The van der Waals surface area contributed by atoms with Gasteiger partial charge in [0.25, 0.3) is 5.69 Å². The Hall–Kier alpha value is -1.46. The smallest absolute Gasteiger partial charge is 0.272 e. The molecule has 5 heteroatoms. The van der Waals surface area contributed by atoms with Crippen molar-refractivity contribution in [1.82, 2.24) is 10.2 Å². The summed E-state index contributed by atoms with van der Waals surface area (Å²) in [6.07, 6.45) is 2.38. The minimum atomic E-state index is -0.298. The van der Waals surface area contributed by atoms with Crippen molar-refractivity contribution in [3.63, 3.8) is 0 Å². The quantitative estimate of drug-likeness (QED) is 0.686. The van der Waals surface area contributed by atoms with Crippen LogP contribution < -0.4 is 5.32 Å². The number of benzene rings is 1. The van der Waals surface area contributed by atoms with Gasteiger partial charge in [-0.2, -0.15) is 0 Å². The highest BCUT2D eigenvalue weighted by Gasteiger charge is 2.36. The number of nitrogens with one attached hydrogen (secondary N) is 1. The Bertz CT molecular complexity index is 540. The summed E-state index contributed by atoms with van der Waals surface area (Å²) in [5, 5.41) is 14.4. The van der Waals surface area contributed by atoms with E-state index in [-0.39, 0.29) is 10.6 Å². The van der Waals surface area contributed by atoms with Crippen LogP contribution >= 0.6 is 0 Å². The standard InChI is InChI=1S/C16H23N3O2/c1-11-9-13(3-4-16(11)19(20)21)15-6-8-18(12(15)2)14-5-7-17-10-14/h3-4,9,12,14-15,17H,5-8,10H2,1-2H3/t12-,14-,15+/m1/s1. The molecule has 0 saturated carbocycles. The van der Waals surface area contributed by atoms with E-state index < -0.39 is 0 Å². The molecule has 1 aromatic carbocycles. The lowest BCUT2D eigenvalue weighted by Gasteiger charge is -2.30. The minimum absolute atomic E-state index is 0.223. The molecule has 21 heavy (non-hydrogen) atoms. The van der Waals surface area contributed by atoms with Crippen molar-refractivity contribution in [3.8, 4) is 0 Å². The molecular weight excluding hydrogens is 266 g/mol. The molecule has 0 aromatic heterocycles. The summed E-state index contributed by atoms with van der Waals surface area (Å²) in [6, 6.07) is 6.79. The molecular formula is C16H23N3O2. The van der Waals surface area contributed by atoms with Gasteiger partial charge in [-0.1, -0.05) is 6.07 Å². The maximum Gasteiger partial charge on any atom is 0.272 e. The van der Waals surface area contributed by atoms with E-state index >= 15 is 0 Å². The fraction of sp³-hybridized carbons (Fsp3) is 0.625. The van der Waals surface area contributed by atoms with Gasteiger partial charge < -0.3 is 5.32 Å². The van der Waals surface area contributed by atoms with Crippen molar-refractivity contribution in [2.75, 3.05) is 19.6 Å². The maximum atomic E-state index is 10.9.